The Hall–Kier alpha value is -1.39. The average molecular weight is 285 g/mol. The standard InChI is InChI=1S/C13H10ClFO2S/c1-9-4-2-3-5-13(9)10-6-11(15)8-12(7-10)18(14,16)17/h2-8H,1H3. The van der Waals surface area contributed by atoms with E-state index in [1.54, 1.807) is 6.07 Å². The first-order valence-electron chi connectivity index (χ1n) is 5.19. The van der Waals surface area contributed by atoms with Gasteiger partial charge in [0.1, 0.15) is 5.82 Å². The fraction of sp³-hybridized carbons (Fsp3) is 0.0769. The number of hydrogen-bond acceptors (Lipinski definition) is 2. The molecule has 94 valence electrons. The van der Waals surface area contributed by atoms with Crippen LogP contribution in [0.3, 0.4) is 0 Å². The molecule has 0 unspecified atom stereocenters. The van der Waals surface area contributed by atoms with Gasteiger partial charge in [0.25, 0.3) is 9.05 Å². The predicted molar refractivity (Wildman–Crippen MR) is 69.6 cm³/mol. The van der Waals surface area contributed by atoms with Gasteiger partial charge in [-0.2, -0.15) is 0 Å². The highest BCUT2D eigenvalue weighted by Gasteiger charge is 2.14. The highest BCUT2D eigenvalue weighted by Crippen LogP contribution is 2.27. The van der Waals surface area contributed by atoms with Crippen molar-refractivity contribution < 1.29 is 12.8 Å². The minimum absolute atomic E-state index is 0.234. The summed E-state index contributed by atoms with van der Waals surface area (Å²) in [5.41, 5.74) is 2.20. The topological polar surface area (TPSA) is 34.1 Å². The van der Waals surface area contributed by atoms with Crippen molar-refractivity contribution in [1.82, 2.24) is 0 Å². The summed E-state index contributed by atoms with van der Waals surface area (Å²) in [5, 5.41) is 0. The maximum absolute atomic E-state index is 13.5. The SMILES string of the molecule is Cc1ccccc1-c1cc(F)cc(S(=O)(=O)Cl)c1. The minimum Gasteiger partial charge on any atom is -0.207 e. The van der Waals surface area contributed by atoms with E-state index in [0.717, 1.165) is 17.2 Å². The van der Waals surface area contributed by atoms with Gasteiger partial charge < -0.3 is 0 Å². The summed E-state index contributed by atoms with van der Waals surface area (Å²) < 4.78 is 36.0. The molecule has 0 fully saturated rings. The molecule has 2 aromatic rings. The Balaban J connectivity index is 2.67. The van der Waals surface area contributed by atoms with Crippen molar-refractivity contribution in [2.45, 2.75) is 11.8 Å². The van der Waals surface area contributed by atoms with Gasteiger partial charge in [-0.15, -0.1) is 0 Å². The Morgan fingerprint density at radius 2 is 1.78 bits per heavy atom. The van der Waals surface area contributed by atoms with Crippen molar-refractivity contribution in [2.24, 2.45) is 0 Å². The fourth-order valence-corrected chi connectivity index (χ4v) is 2.54. The lowest BCUT2D eigenvalue weighted by Crippen LogP contribution is -1.94. The molecule has 0 saturated heterocycles. The molecule has 2 rings (SSSR count). The van der Waals surface area contributed by atoms with E-state index in [4.69, 9.17) is 10.7 Å². The predicted octanol–water partition coefficient (Wildman–Crippen LogP) is 3.73. The Labute approximate surface area is 109 Å². The largest absolute Gasteiger partial charge is 0.261 e. The van der Waals surface area contributed by atoms with Gasteiger partial charge in [0, 0.05) is 10.7 Å². The van der Waals surface area contributed by atoms with Gasteiger partial charge >= 0.3 is 0 Å². The van der Waals surface area contributed by atoms with Gasteiger partial charge in [-0.05, 0) is 41.8 Å². The number of aryl methyl sites for hydroxylation is 1. The molecule has 2 aromatic carbocycles. The van der Waals surface area contributed by atoms with E-state index >= 15 is 0 Å². The molecule has 0 amide bonds. The van der Waals surface area contributed by atoms with E-state index in [0.29, 0.717) is 5.56 Å². The lowest BCUT2D eigenvalue weighted by molar-refractivity contribution is 0.602. The molecule has 0 N–H and O–H groups in total. The molecule has 0 spiro atoms. The third kappa shape index (κ3) is 2.71. The van der Waals surface area contributed by atoms with Crippen LogP contribution in [-0.4, -0.2) is 8.42 Å². The van der Waals surface area contributed by atoms with E-state index in [1.165, 1.54) is 12.1 Å². The maximum Gasteiger partial charge on any atom is 0.261 e. The first-order chi connectivity index (χ1) is 8.38. The van der Waals surface area contributed by atoms with Gasteiger partial charge in [0.05, 0.1) is 4.90 Å². The van der Waals surface area contributed by atoms with Crippen LogP contribution in [-0.2, 0) is 9.05 Å². The lowest BCUT2D eigenvalue weighted by atomic mass is 10.0. The molecule has 0 aliphatic heterocycles. The van der Waals surface area contributed by atoms with Crippen LogP contribution in [0.5, 0.6) is 0 Å². The average Bonchev–Trinajstić information content (AvgIpc) is 2.27. The zero-order valence-corrected chi connectivity index (χ0v) is 11.1. The van der Waals surface area contributed by atoms with Crippen molar-refractivity contribution in [3.63, 3.8) is 0 Å². The third-order valence-corrected chi connectivity index (χ3v) is 3.94. The molecule has 0 heterocycles. The first-order valence-corrected chi connectivity index (χ1v) is 7.50. The number of hydrogen-bond donors (Lipinski definition) is 0. The van der Waals surface area contributed by atoms with Gasteiger partial charge in [-0.25, -0.2) is 12.8 Å². The number of benzene rings is 2. The van der Waals surface area contributed by atoms with Crippen LogP contribution < -0.4 is 0 Å². The fourth-order valence-electron chi connectivity index (χ4n) is 1.76. The van der Waals surface area contributed by atoms with Crippen molar-refractivity contribution in [2.75, 3.05) is 0 Å². The molecular weight excluding hydrogens is 275 g/mol. The number of halogens is 2. The third-order valence-electron chi connectivity index (χ3n) is 2.61. The quantitative estimate of drug-likeness (QED) is 0.788. The van der Waals surface area contributed by atoms with Crippen LogP contribution >= 0.6 is 10.7 Å². The minimum atomic E-state index is -3.94. The second-order valence-electron chi connectivity index (χ2n) is 3.93. The Morgan fingerprint density at radius 3 is 2.39 bits per heavy atom. The Kier molecular flexibility index (Phi) is 3.41. The molecule has 0 aromatic heterocycles. The summed E-state index contributed by atoms with van der Waals surface area (Å²) in [5.74, 6) is -0.630. The molecule has 0 aliphatic rings. The van der Waals surface area contributed by atoms with Crippen LogP contribution in [0.2, 0.25) is 0 Å². The first kappa shape index (κ1) is 13.1. The summed E-state index contributed by atoms with van der Waals surface area (Å²) in [7, 11) is 1.30. The van der Waals surface area contributed by atoms with Crippen LogP contribution in [0, 0.1) is 12.7 Å². The number of rotatable bonds is 2. The van der Waals surface area contributed by atoms with Gasteiger partial charge in [-0.1, -0.05) is 24.3 Å². The molecule has 0 bridgehead atoms. The van der Waals surface area contributed by atoms with E-state index < -0.39 is 14.9 Å². The van der Waals surface area contributed by atoms with Gasteiger partial charge in [0.15, 0.2) is 0 Å². The molecule has 0 saturated carbocycles. The smallest absolute Gasteiger partial charge is 0.207 e. The zero-order valence-electron chi connectivity index (χ0n) is 9.52. The summed E-state index contributed by atoms with van der Waals surface area (Å²) in [6.07, 6.45) is 0. The van der Waals surface area contributed by atoms with E-state index in [2.05, 4.69) is 0 Å². The van der Waals surface area contributed by atoms with Crippen molar-refractivity contribution in [3.05, 3.63) is 53.8 Å². The van der Waals surface area contributed by atoms with Crippen molar-refractivity contribution in [3.8, 4) is 11.1 Å². The van der Waals surface area contributed by atoms with Gasteiger partial charge in [-0.3, -0.25) is 0 Å². The molecular formula is C13H10ClFO2S. The van der Waals surface area contributed by atoms with E-state index in [9.17, 15) is 12.8 Å². The van der Waals surface area contributed by atoms with Crippen LogP contribution in [0.1, 0.15) is 5.56 Å². The van der Waals surface area contributed by atoms with Crippen molar-refractivity contribution >= 4 is 19.7 Å². The molecule has 0 radical (unpaired) electrons. The monoisotopic (exact) mass is 284 g/mol. The highest BCUT2D eigenvalue weighted by molar-refractivity contribution is 8.13. The summed E-state index contributed by atoms with van der Waals surface area (Å²) in [4.78, 5) is -0.234. The molecule has 0 aliphatic carbocycles. The second kappa shape index (κ2) is 4.71. The lowest BCUT2D eigenvalue weighted by Gasteiger charge is -2.07. The molecule has 5 heteroatoms. The van der Waals surface area contributed by atoms with Crippen LogP contribution in [0.4, 0.5) is 4.39 Å². The molecule has 2 nitrogen and oxygen atoms in total. The Morgan fingerprint density at radius 1 is 1.11 bits per heavy atom. The molecule has 0 atom stereocenters. The van der Waals surface area contributed by atoms with Gasteiger partial charge in [0.2, 0.25) is 0 Å². The zero-order chi connectivity index (χ0) is 13.3. The van der Waals surface area contributed by atoms with Crippen LogP contribution in [0.25, 0.3) is 11.1 Å². The van der Waals surface area contributed by atoms with Crippen molar-refractivity contribution in [1.29, 1.82) is 0 Å². The maximum atomic E-state index is 13.5. The summed E-state index contributed by atoms with van der Waals surface area (Å²) in [6, 6.07) is 10.9. The van der Waals surface area contributed by atoms with E-state index in [-0.39, 0.29) is 4.90 Å². The summed E-state index contributed by atoms with van der Waals surface area (Å²) in [6.45, 7) is 1.87. The highest BCUT2D eigenvalue weighted by atomic mass is 35.7. The summed E-state index contributed by atoms with van der Waals surface area (Å²) >= 11 is 0. The Bertz CT molecular complexity index is 696. The van der Waals surface area contributed by atoms with E-state index in [1.807, 2.05) is 25.1 Å². The second-order valence-corrected chi connectivity index (χ2v) is 6.49. The van der Waals surface area contributed by atoms with Crippen LogP contribution in [0.15, 0.2) is 47.4 Å². The molecule has 18 heavy (non-hydrogen) atoms. The normalized spacial score (nSPS) is 11.5.